The molecule has 0 amide bonds. The van der Waals surface area contributed by atoms with Crippen LogP contribution in [-0.4, -0.2) is 36.8 Å². The van der Waals surface area contributed by atoms with Crippen LogP contribution in [0.1, 0.15) is 17.2 Å². The number of pyridine rings is 1. The van der Waals surface area contributed by atoms with Gasteiger partial charge in [-0.3, -0.25) is 4.79 Å². The second kappa shape index (κ2) is 7.57. The van der Waals surface area contributed by atoms with Crippen molar-refractivity contribution in [3.05, 3.63) is 75.3 Å². The monoisotopic (exact) mass is 434 g/mol. The number of benzene rings is 2. The third-order valence-electron chi connectivity index (χ3n) is 5.34. The van der Waals surface area contributed by atoms with Crippen molar-refractivity contribution in [2.45, 2.75) is 13.0 Å². The summed E-state index contributed by atoms with van der Waals surface area (Å²) in [4.78, 5) is 24.6. The first kappa shape index (κ1) is 19.3. The summed E-state index contributed by atoms with van der Waals surface area (Å²) in [6.45, 7) is 2.16. The van der Waals surface area contributed by atoms with E-state index < -0.39 is 6.10 Å². The maximum atomic E-state index is 12.7. The van der Waals surface area contributed by atoms with Crippen LogP contribution in [0.2, 0.25) is 5.02 Å². The summed E-state index contributed by atoms with van der Waals surface area (Å²) >= 11 is 6.02. The molecule has 5 N–H and O–H groups in total. The molecule has 0 aliphatic heterocycles. The van der Waals surface area contributed by atoms with Crippen LogP contribution in [0.4, 0.5) is 5.69 Å². The first-order valence-corrected chi connectivity index (χ1v) is 10.1. The smallest absolute Gasteiger partial charge is 0.261 e. The van der Waals surface area contributed by atoms with Gasteiger partial charge in [-0.1, -0.05) is 23.7 Å². The van der Waals surface area contributed by atoms with E-state index in [1.165, 1.54) is 0 Å². The maximum absolute atomic E-state index is 12.7. The molecule has 3 heterocycles. The zero-order valence-corrected chi connectivity index (χ0v) is 17.3. The molecule has 2 aromatic carbocycles. The van der Waals surface area contributed by atoms with Crippen molar-refractivity contribution < 1.29 is 5.11 Å². The number of nitrogens with one attached hydrogen (secondary N) is 4. The summed E-state index contributed by atoms with van der Waals surface area (Å²) < 4.78 is 0. The predicted molar refractivity (Wildman–Crippen MR) is 121 cm³/mol. The summed E-state index contributed by atoms with van der Waals surface area (Å²) in [6.07, 6.45) is 2.62. The average molecular weight is 435 g/mol. The number of hydrogen-bond acceptors (Lipinski definition) is 5. The number of fused-ring (bicyclic) bond motifs is 2. The van der Waals surface area contributed by atoms with Crippen molar-refractivity contribution in [3.8, 4) is 11.4 Å². The molecule has 5 rings (SSSR count). The zero-order valence-electron chi connectivity index (χ0n) is 16.5. The molecular formula is C22H19ClN6O2. The molecule has 0 saturated carbocycles. The van der Waals surface area contributed by atoms with E-state index in [9.17, 15) is 9.90 Å². The molecule has 5 aromatic rings. The fourth-order valence-electron chi connectivity index (χ4n) is 3.75. The Balaban J connectivity index is 1.51. The highest BCUT2D eigenvalue weighted by Crippen LogP contribution is 2.29. The van der Waals surface area contributed by atoms with Crippen LogP contribution in [-0.2, 0) is 0 Å². The molecule has 0 spiro atoms. The minimum Gasteiger partial charge on any atom is -0.387 e. The van der Waals surface area contributed by atoms with E-state index >= 15 is 0 Å². The number of hydrogen-bond donors (Lipinski definition) is 5. The largest absolute Gasteiger partial charge is 0.387 e. The van der Waals surface area contributed by atoms with Gasteiger partial charge in [-0.05, 0) is 42.3 Å². The Morgan fingerprint density at radius 2 is 2.10 bits per heavy atom. The van der Waals surface area contributed by atoms with Crippen LogP contribution in [0, 0.1) is 6.92 Å². The Hall–Kier alpha value is -3.62. The minimum absolute atomic E-state index is 0.189. The van der Waals surface area contributed by atoms with Crippen molar-refractivity contribution in [2.24, 2.45) is 0 Å². The first-order valence-electron chi connectivity index (χ1n) is 9.73. The van der Waals surface area contributed by atoms with Crippen molar-refractivity contribution in [1.29, 1.82) is 0 Å². The maximum Gasteiger partial charge on any atom is 0.261 e. The minimum atomic E-state index is -0.801. The molecule has 0 unspecified atom stereocenters. The molecule has 0 fully saturated rings. The number of aliphatic hydroxyl groups is 1. The lowest BCUT2D eigenvalue weighted by atomic mass is 10.1. The predicted octanol–water partition coefficient (Wildman–Crippen LogP) is 3.90. The Morgan fingerprint density at radius 1 is 1.23 bits per heavy atom. The second-order valence-electron chi connectivity index (χ2n) is 7.34. The molecule has 0 aliphatic rings. The fourth-order valence-corrected chi connectivity index (χ4v) is 3.95. The molecule has 0 radical (unpaired) electrons. The van der Waals surface area contributed by atoms with Crippen LogP contribution in [0.5, 0.6) is 0 Å². The molecule has 8 nitrogen and oxygen atoms in total. The highest BCUT2D eigenvalue weighted by molar-refractivity contribution is 6.30. The van der Waals surface area contributed by atoms with Crippen LogP contribution in [0.15, 0.2) is 53.6 Å². The van der Waals surface area contributed by atoms with Gasteiger partial charge >= 0.3 is 0 Å². The van der Waals surface area contributed by atoms with Gasteiger partial charge in [0.15, 0.2) is 5.82 Å². The molecule has 156 valence electrons. The van der Waals surface area contributed by atoms with Gasteiger partial charge in [0.25, 0.3) is 5.56 Å². The molecule has 9 heteroatoms. The highest BCUT2D eigenvalue weighted by atomic mass is 35.5. The normalized spacial score (nSPS) is 12.5. The van der Waals surface area contributed by atoms with Gasteiger partial charge in [0.2, 0.25) is 0 Å². The standard InChI is InChI=1S/C22H19ClN6O2/c1-11-14-9-26-29-16(14)8-17-20(11)28-21(27-17)19-15(5-6-24-22(19)31)25-10-18(30)12-3-2-4-13(23)7-12/h2-9,18,26,29-30H,10H2,1H3,(H2,24,25,31)/t18-/m0/s1. The molecule has 0 aliphatic carbocycles. The number of anilines is 1. The van der Waals surface area contributed by atoms with E-state index in [0.29, 0.717) is 33.2 Å². The van der Waals surface area contributed by atoms with Crippen LogP contribution < -0.4 is 10.9 Å². The lowest BCUT2D eigenvalue weighted by Crippen LogP contribution is -2.17. The number of aromatic nitrogens is 5. The number of rotatable bonds is 5. The Kier molecular flexibility index (Phi) is 4.72. The number of aromatic amines is 3. The average Bonchev–Trinajstić information content (AvgIpc) is 3.39. The van der Waals surface area contributed by atoms with Crippen molar-refractivity contribution in [2.75, 3.05) is 11.9 Å². The summed E-state index contributed by atoms with van der Waals surface area (Å²) in [6, 6.07) is 10.7. The van der Waals surface area contributed by atoms with Gasteiger partial charge in [0, 0.05) is 29.3 Å². The number of nitrogens with zero attached hydrogens (tertiary/aromatic N) is 2. The summed E-state index contributed by atoms with van der Waals surface area (Å²) in [5, 5.41) is 21.3. The Labute approximate surface area is 181 Å². The number of halogens is 1. The summed E-state index contributed by atoms with van der Waals surface area (Å²) in [5.41, 5.74) is 4.57. The van der Waals surface area contributed by atoms with Gasteiger partial charge < -0.3 is 25.6 Å². The van der Waals surface area contributed by atoms with Crippen LogP contribution in [0.3, 0.4) is 0 Å². The van der Waals surface area contributed by atoms with Crippen molar-refractivity contribution in [1.82, 2.24) is 25.1 Å². The molecule has 0 saturated heterocycles. The van der Waals surface area contributed by atoms with E-state index in [4.69, 9.17) is 11.6 Å². The topological polar surface area (TPSA) is 122 Å². The SMILES string of the molecule is Cc1c2c[nH][nH]c2cc2nc(-c3c(NC[C@H](O)c4cccc(Cl)c4)cc[nH]c3=O)nc12. The molecular weight excluding hydrogens is 416 g/mol. The summed E-state index contributed by atoms with van der Waals surface area (Å²) in [5.74, 6) is 0.330. The van der Waals surface area contributed by atoms with Gasteiger partial charge in [-0.2, -0.15) is 0 Å². The molecule has 1 atom stereocenters. The van der Waals surface area contributed by atoms with E-state index in [-0.39, 0.29) is 12.1 Å². The van der Waals surface area contributed by atoms with Crippen LogP contribution >= 0.6 is 11.6 Å². The van der Waals surface area contributed by atoms with Crippen molar-refractivity contribution >= 4 is 39.2 Å². The lowest BCUT2D eigenvalue weighted by molar-refractivity contribution is 0.191. The number of imidazole rings is 1. The van der Waals surface area contributed by atoms with Crippen molar-refractivity contribution in [3.63, 3.8) is 0 Å². The lowest BCUT2D eigenvalue weighted by Gasteiger charge is -2.15. The van der Waals surface area contributed by atoms with E-state index in [1.54, 1.807) is 36.5 Å². The van der Waals surface area contributed by atoms with Gasteiger partial charge in [0.1, 0.15) is 5.56 Å². The third kappa shape index (κ3) is 3.45. The van der Waals surface area contributed by atoms with E-state index in [2.05, 4.69) is 30.5 Å². The van der Waals surface area contributed by atoms with Gasteiger partial charge in [0.05, 0.1) is 28.3 Å². The Bertz CT molecular complexity index is 1470. The zero-order chi connectivity index (χ0) is 21.5. The highest BCUT2D eigenvalue weighted by Gasteiger charge is 2.18. The summed E-state index contributed by atoms with van der Waals surface area (Å²) in [7, 11) is 0. The van der Waals surface area contributed by atoms with Gasteiger partial charge in [-0.15, -0.1) is 0 Å². The number of aliphatic hydroxyl groups excluding tert-OH is 1. The fraction of sp³-hybridized carbons (Fsp3) is 0.136. The van der Waals surface area contributed by atoms with Crippen LogP contribution in [0.25, 0.3) is 33.3 Å². The third-order valence-corrected chi connectivity index (χ3v) is 5.58. The van der Waals surface area contributed by atoms with E-state index in [1.807, 2.05) is 19.2 Å². The van der Waals surface area contributed by atoms with Gasteiger partial charge in [-0.25, -0.2) is 9.97 Å². The molecule has 31 heavy (non-hydrogen) atoms. The van der Waals surface area contributed by atoms with E-state index in [0.717, 1.165) is 22.0 Å². The quantitative estimate of drug-likeness (QED) is 0.287. The molecule has 3 aromatic heterocycles. The number of H-pyrrole nitrogens is 3. The second-order valence-corrected chi connectivity index (χ2v) is 7.78. The number of aryl methyl sites for hydroxylation is 1. The molecule has 0 bridgehead atoms. The first-order chi connectivity index (χ1) is 15.0. The Morgan fingerprint density at radius 3 is 2.94 bits per heavy atom.